The lowest BCUT2D eigenvalue weighted by atomic mass is 10.1. The fourth-order valence-electron chi connectivity index (χ4n) is 1.85. The van der Waals surface area contributed by atoms with Crippen LogP contribution in [0.2, 0.25) is 0 Å². The molecule has 6 heteroatoms. The standard InChI is InChI=1S/C14H17N3O2S/c1-9-13(20-8-16-9)7-17(2)10-4-5-12(15)11(6-10)14(18)19-3/h4-6,8H,7,15H2,1-3H3. The van der Waals surface area contributed by atoms with Gasteiger partial charge in [0, 0.05) is 23.3 Å². The third-order valence-electron chi connectivity index (χ3n) is 3.11. The highest BCUT2D eigenvalue weighted by Crippen LogP contribution is 2.24. The van der Waals surface area contributed by atoms with Crippen LogP contribution < -0.4 is 10.6 Å². The lowest BCUT2D eigenvalue weighted by molar-refractivity contribution is 0.0602. The van der Waals surface area contributed by atoms with Gasteiger partial charge in [0.2, 0.25) is 0 Å². The molecule has 0 spiro atoms. The number of nitrogens with two attached hydrogens (primary N) is 1. The van der Waals surface area contributed by atoms with Crippen LogP contribution >= 0.6 is 11.3 Å². The van der Waals surface area contributed by atoms with E-state index in [9.17, 15) is 4.79 Å². The van der Waals surface area contributed by atoms with Gasteiger partial charge in [0.05, 0.1) is 30.4 Å². The number of thiazole rings is 1. The second-order valence-corrected chi connectivity index (χ2v) is 5.42. The predicted octanol–water partition coefficient (Wildman–Crippen LogP) is 2.46. The zero-order chi connectivity index (χ0) is 14.7. The second kappa shape index (κ2) is 5.92. The van der Waals surface area contributed by atoms with Crippen LogP contribution in [0.15, 0.2) is 23.7 Å². The lowest BCUT2D eigenvalue weighted by Crippen LogP contribution is -2.17. The van der Waals surface area contributed by atoms with E-state index >= 15 is 0 Å². The lowest BCUT2D eigenvalue weighted by Gasteiger charge is -2.20. The maximum Gasteiger partial charge on any atom is 0.340 e. The minimum absolute atomic E-state index is 0.387. The Labute approximate surface area is 122 Å². The summed E-state index contributed by atoms with van der Waals surface area (Å²) in [5, 5.41) is 0. The summed E-state index contributed by atoms with van der Waals surface area (Å²) in [6.07, 6.45) is 0. The highest BCUT2D eigenvalue weighted by atomic mass is 32.1. The molecule has 106 valence electrons. The van der Waals surface area contributed by atoms with Crippen molar-refractivity contribution >= 4 is 28.7 Å². The molecule has 5 nitrogen and oxygen atoms in total. The molecule has 2 N–H and O–H groups in total. The van der Waals surface area contributed by atoms with E-state index in [0.29, 0.717) is 11.3 Å². The quantitative estimate of drug-likeness (QED) is 0.692. The van der Waals surface area contributed by atoms with Crippen LogP contribution in [-0.2, 0) is 11.3 Å². The first-order chi connectivity index (χ1) is 9.52. The number of carbonyl (C=O) groups is 1. The number of carbonyl (C=O) groups excluding carboxylic acids is 1. The number of hydrogen-bond acceptors (Lipinski definition) is 6. The number of rotatable bonds is 4. The first-order valence-electron chi connectivity index (χ1n) is 6.11. The smallest absolute Gasteiger partial charge is 0.340 e. The molecule has 0 saturated heterocycles. The van der Waals surface area contributed by atoms with E-state index in [1.807, 2.05) is 30.4 Å². The van der Waals surface area contributed by atoms with Gasteiger partial charge >= 0.3 is 5.97 Å². The van der Waals surface area contributed by atoms with E-state index in [2.05, 4.69) is 4.98 Å². The normalized spacial score (nSPS) is 10.3. The Bertz CT molecular complexity index is 625. The summed E-state index contributed by atoms with van der Waals surface area (Å²) in [5.74, 6) is -0.424. The summed E-state index contributed by atoms with van der Waals surface area (Å²) in [4.78, 5) is 19.1. The molecule has 0 radical (unpaired) electrons. The van der Waals surface area contributed by atoms with Gasteiger partial charge in [-0.15, -0.1) is 11.3 Å². The van der Waals surface area contributed by atoms with Crippen molar-refractivity contribution in [2.24, 2.45) is 0 Å². The minimum Gasteiger partial charge on any atom is -0.465 e. The van der Waals surface area contributed by atoms with Gasteiger partial charge in [0.1, 0.15) is 0 Å². The predicted molar refractivity (Wildman–Crippen MR) is 81.2 cm³/mol. The Hall–Kier alpha value is -2.08. The first kappa shape index (κ1) is 14.3. The fraction of sp³-hybridized carbons (Fsp3) is 0.286. The van der Waals surface area contributed by atoms with Gasteiger partial charge in [-0.25, -0.2) is 9.78 Å². The number of aromatic nitrogens is 1. The molecule has 0 unspecified atom stereocenters. The Balaban J connectivity index is 2.24. The van der Waals surface area contributed by atoms with Crippen molar-refractivity contribution in [2.75, 3.05) is 24.8 Å². The van der Waals surface area contributed by atoms with Gasteiger partial charge in [-0.3, -0.25) is 0 Å². The maximum atomic E-state index is 11.7. The van der Waals surface area contributed by atoms with E-state index in [4.69, 9.17) is 10.5 Å². The van der Waals surface area contributed by atoms with Gasteiger partial charge in [-0.1, -0.05) is 0 Å². The summed E-state index contributed by atoms with van der Waals surface area (Å²) >= 11 is 1.62. The average Bonchev–Trinajstić information content (AvgIpc) is 2.84. The molecule has 0 fully saturated rings. The van der Waals surface area contributed by atoms with Crippen LogP contribution in [0.4, 0.5) is 11.4 Å². The number of nitrogen functional groups attached to an aromatic ring is 1. The number of hydrogen-bond donors (Lipinski definition) is 1. The van der Waals surface area contributed by atoms with E-state index in [0.717, 1.165) is 17.9 Å². The van der Waals surface area contributed by atoms with Crippen molar-refractivity contribution in [3.8, 4) is 0 Å². The van der Waals surface area contributed by atoms with Crippen molar-refractivity contribution in [3.05, 3.63) is 39.8 Å². The molecule has 1 aromatic heterocycles. The number of benzene rings is 1. The minimum atomic E-state index is -0.424. The first-order valence-corrected chi connectivity index (χ1v) is 6.99. The molecule has 20 heavy (non-hydrogen) atoms. The number of anilines is 2. The maximum absolute atomic E-state index is 11.7. The van der Waals surface area contributed by atoms with Crippen molar-refractivity contribution < 1.29 is 9.53 Å². The second-order valence-electron chi connectivity index (χ2n) is 4.48. The van der Waals surface area contributed by atoms with Gasteiger partial charge < -0.3 is 15.4 Å². The average molecular weight is 291 g/mol. The summed E-state index contributed by atoms with van der Waals surface area (Å²) in [6, 6.07) is 5.35. The van der Waals surface area contributed by atoms with Crippen LogP contribution in [0.3, 0.4) is 0 Å². The molecule has 2 rings (SSSR count). The largest absolute Gasteiger partial charge is 0.465 e. The molecule has 0 atom stereocenters. The molecular weight excluding hydrogens is 274 g/mol. The number of nitrogens with zero attached hydrogens (tertiary/aromatic N) is 2. The Kier molecular flexibility index (Phi) is 4.24. The zero-order valence-electron chi connectivity index (χ0n) is 11.7. The Morgan fingerprint density at radius 2 is 2.25 bits per heavy atom. The SMILES string of the molecule is COC(=O)c1cc(N(C)Cc2scnc2C)ccc1N. The third-order valence-corrected chi connectivity index (χ3v) is 4.03. The highest BCUT2D eigenvalue weighted by Gasteiger charge is 2.13. The number of esters is 1. The Morgan fingerprint density at radius 3 is 2.85 bits per heavy atom. The van der Waals surface area contributed by atoms with Crippen molar-refractivity contribution in [1.82, 2.24) is 4.98 Å². The molecule has 0 saturated carbocycles. The van der Waals surface area contributed by atoms with Crippen molar-refractivity contribution in [2.45, 2.75) is 13.5 Å². The van der Waals surface area contributed by atoms with E-state index in [1.165, 1.54) is 12.0 Å². The van der Waals surface area contributed by atoms with Gasteiger partial charge in [0.25, 0.3) is 0 Å². The van der Waals surface area contributed by atoms with Crippen LogP contribution in [-0.4, -0.2) is 25.1 Å². The fourth-order valence-corrected chi connectivity index (χ4v) is 2.68. The molecular formula is C14H17N3O2S. The summed E-state index contributed by atoms with van der Waals surface area (Å²) in [5.41, 5.74) is 10.4. The molecule has 2 aromatic rings. The molecule has 1 heterocycles. The van der Waals surface area contributed by atoms with Crippen LogP contribution in [0, 0.1) is 6.92 Å². The van der Waals surface area contributed by atoms with Crippen molar-refractivity contribution in [3.63, 3.8) is 0 Å². The highest BCUT2D eigenvalue weighted by molar-refractivity contribution is 7.09. The van der Waals surface area contributed by atoms with Gasteiger partial charge in [-0.2, -0.15) is 0 Å². The summed E-state index contributed by atoms with van der Waals surface area (Å²) in [6.45, 7) is 2.73. The molecule has 0 aliphatic carbocycles. The molecule has 1 aromatic carbocycles. The Morgan fingerprint density at radius 1 is 1.50 bits per heavy atom. The van der Waals surface area contributed by atoms with Crippen molar-refractivity contribution in [1.29, 1.82) is 0 Å². The van der Waals surface area contributed by atoms with Crippen LogP contribution in [0.25, 0.3) is 0 Å². The summed E-state index contributed by atoms with van der Waals surface area (Å²) in [7, 11) is 3.31. The monoisotopic (exact) mass is 291 g/mol. The third kappa shape index (κ3) is 2.91. The molecule has 0 aliphatic rings. The molecule has 0 aliphatic heterocycles. The van der Waals surface area contributed by atoms with E-state index < -0.39 is 5.97 Å². The van der Waals surface area contributed by atoms with Crippen LogP contribution in [0.5, 0.6) is 0 Å². The number of ether oxygens (including phenoxy) is 1. The topological polar surface area (TPSA) is 68.5 Å². The number of methoxy groups -OCH3 is 1. The number of aryl methyl sites for hydroxylation is 1. The van der Waals surface area contributed by atoms with Gasteiger partial charge in [0.15, 0.2) is 0 Å². The zero-order valence-corrected chi connectivity index (χ0v) is 12.5. The van der Waals surface area contributed by atoms with Crippen LogP contribution in [0.1, 0.15) is 20.9 Å². The summed E-state index contributed by atoms with van der Waals surface area (Å²) < 4.78 is 4.73. The molecule has 0 bridgehead atoms. The van der Waals surface area contributed by atoms with E-state index in [1.54, 1.807) is 23.5 Å². The molecule has 0 amide bonds. The van der Waals surface area contributed by atoms with Gasteiger partial charge in [-0.05, 0) is 25.1 Å². The van der Waals surface area contributed by atoms with E-state index in [-0.39, 0.29) is 0 Å².